The molecule has 0 aromatic heterocycles. The molecule has 0 radical (unpaired) electrons. The Kier molecular flexibility index (Phi) is 4.80. The van der Waals surface area contributed by atoms with Crippen LogP contribution in [0.3, 0.4) is 0 Å². The van der Waals surface area contributed by atoms with Crippen molar-refractivity contribution in [2.75, 3.05) is 6.54 Å². The second-order valence-corrected chi connectivity index (χ2v) is 4.44. The van der Waals surface area contributed by atoms with Gasteiger partial charge < -0.3 is 10.1 Å². The molecule has 3 nitrogen and oxygen atoms in total. The van der Waals surface area contributed by atoms with E-state index in [1.165, 1.54) is 0 Å². The van der Waals surface area contributed by atoms with Crippen LogP contribution in [-0.2, 0) is 4.79 Å². The summed E-state index contributed by atoms with van der Waals surface area (Å²) in [6, 6.07) is 5.76. The summed E-state index contributed by atoms with van der Waals surface area (Å²) in [6.45, 7) is 6.23. The fraction of sp³-hybridized carbons (Fsp3) is 0.417. The van der Waals surface area contributed by atoms with E-state index >= 15 is 0 Å². The van der Waals surface area contributed by atoms with Gasteiger partial charge in [-0.1, -0.05) is 6.07 Å². The molecule has 1 N–H and O–H groups in total. The van der Waals surface area contributed by atoms with E-state index in [9.17, 15) is 4.79 Å². The second kappa shape index (κ2) is 5.89. The Hall–Kier alpha value is -1.03. The van der Waals surface area contributed by atoms with Crippen molar-refractivity contribution < 1.29 is 9.53 Å². The van der Waals surface area contributed by atoms with Gasteiger partial charge in [-0.15, -0.1) is 0 Å². The smallest absolute Gasteiger partial charge is 0.260 e. The quantitative estimate of drug-likeness (QED) is 0.924. The zero-order valence-corrected chi connectivity index (χ0v) is 11.3. The number of rotatable bonds is 4. The summed E-state index contributed by atoms with van der Waals surface area (Å²) in [5.74, 6) is 0.583. The van der Waals surface area contributed by atoms with Crippen LogP contribution in [-0.4, -0.2) is 18.6 Å². The molecule has 0 bridgehead atoms. The SMILES string of the molecule is CCNC(=O)C(C)Oc1ccc(C)cc1Br. The molecular formula is C12H16BrNO2. The number of benzene rings is 1. The lowest BCUT2D eigenvalue weighted by atomic mass is 10.2. The van der Waals surface area contributed by atoms with E-state index in [1.54, 1.807) is 6.92 Å². The third kappa shape index (κ3) is 3.52. The number of hydrogen-bond acceptors (Lipinski definition) is 2. The van der Waals surface area contributed by atoms with E-state index in [2.05, 4.69) is 21.2 Å². The largest absolute Gasteiger partial charge is 0.480 e. The predicted octanol–water partition coefficient (Wildman–Crippen LogP) is 2.66. The predicted molar refractivity (Wildman–Crippen MR) is 67.7 cm³/mol. The van der Waals surface area contributed by atoms with Crippen molar-refractivity contribution >= 4 is 21.8 Å². The summed E-state index contributed by atoms with van der Waals surface area (Å²) in [5.41, 5.74) is 1.14. The summed E-state index contributed by atoms with van der Waals surface area (Å²) in [6.07, 6.45) is -0.487. The molecule has 1 aromatic carbocycles. The summed E-state index contributed by atoms with van der Waals surface area (Å²) in [4.78, 5) is 11.5. The number of likely N-dealkylation sites (N-methyl/N-ethyl adjacent to an activating group) is 1. The molecule has 16 heavy (non-hydrogen) atoms. The summed E-state index contributed by atoms with van der Waals surface area (Å²) in [7, 11) is 0. The monoisotopic (exact) mass is 285 g/mol. The first-order chi connectivity index (χ1) is 7.54. The van der Waals surface area contributed by atoms with Gasteiger partial charge in [0.1, 0.15) is 5.75 Å². The maximum Gasteiger partial charge on any atom is 0.260 e. The van der Waals surface area contributed by atoms with E-state index in [1.807, 2.05) is 32.0 Å². The fourth-order valence-corrected chi connectivity index (χ4v) is 1.85. The van der Waals surface area contributed by atoms with Gasteiger partial charge in [-0.05, 0) is 54.4 Å². The molecule has 1 rings (SSSR count). The minimum atomic E-state index is -0.487. The first kappa shape index (κ1) is 13.0. The topological polar surface area (TPSA) is 38.3 Å². The van der Waals surface area contributed by atoms with Gasteiger partial charge in [-0.2, -0.15) is 0 Å². The Morgan fingerprint density at radius 1 is 1.56 bits per heavy atom. The van der Waals surface area contributed by atoms with Crippen LogP contribution >= 0.6 is 15.9 Å². The number of amides is 1. The van der Waals surface area contributed by atoms with Gasteiger partial charge in [0.15, 0.2) is 6.10 Å². The number of nitrogens with one attached hydrogen (secondary N) is 1. The maximum absolute atomic E-state index is 11.5. The lowest BCUT2D eigenvalue weighted by Crippen LogP contribution is -2.36. The highest BCUT2D eigenvalue weighted by atomic mass is 79.9. The molecule has 1 unspecified atom stereocenters. The van der Waals surface area contributed by atoms with Crippen molar-refractivity contribution in [3.8, 4) is 5.75 Å². The molecular weight excluding hydrogens is 270 g/mol. The van der Waals surface area contributed by atoms with E-state index in [0.717, 1.165) is 10.0 Å². The Morgan fingerprint density at radius 2 is 2.25 bits per heavy atom. The van der Waals surface area contributed by atoms with Crippen LogP contribution in [0.15, 0.2) is 22.7 Å². The first-order valence-electron chi connectivity index (χ1n) is 5.25. The lowest BCUT2D eigenvalue weighted by molar-refractivity contribution is -0.127. The third-order valence-electron chi connectivity index (χ3n) is 2.11. The van der Waals surface area contributed by atoms with Crippen LogP contribution in [0.1, 0.15) is 19.4 Å². The molecule has 1 amide bonds. The standard InChI is InChI=1S/C12H16BrNO2/c1-4-14-12(15)9(3)16-11-6-5-8(2)7-10(11)13/h5-7,9H,4H2,1-3H3,(H,14,15). The van der Waals surface area contributed by atoms with E-state index in [0.29, 0.717) is 12.3 Å². The Morgan fingerprint density at radius 3 is 2.81 bits per heavy atom. The van der Waals surface area contributed by atoms with Crippen LogP contribution in [0.25, 0.3) is 0 Å². The van der Waals surface area contributed by atoms with Crippen molar-refractivity contribution in [2.45, 2.75) is 26.9 Å². The van der Waals surface area contributed by atoms with Gasteiger partial charge in [0.05, 0.1) is 4.47 Å². The van der Waals surface area contributed by atoms with Crippen LogP contribution < -0.4 is 10.1 Å². The van der Waals surface area contributed by atoms with Crippen molar-refractivity contribution in [1.29, 1.82) is 0 Å². The first-order valence-corrected chi connectivity index (χ1v) is 6.04. The Labute approximate surface area is 104 Å². The molecule has 0 spiro atoms. The molecule has 0 aliphatic rings. The highest BCUT2D eigenvalue weighted by Gasteiger charge is 2.14. The van der Waals surface area contributed by atoms with Gasteiger partial charge >= 0.3 is 0 Å². The van der Waals surface area contributed by atoms with Gasteiger partial charge in [0.2, 0.25) is 0 Å². The maximum atomic E-state index is 11.5. The fourth-order valence-electron chi connectivity index (χ4n) is 1.26. The van der Waals surface area contributed by atoms with E-state index in [-0.39, 0.29) is 5.91 Å². The Bertz CT molecular complexity index is 379. The number of halogens is 1. The number of ether oxygens (including phenoxy) is 1. The molecule has 1 aromatic rings. The molecule has 0 aliphatic heterocycles. The van der Waals surface area contributed by atoms with Gasteiger partial charge in [0, 0.05) is 6.54 Å². The lowest BCUT2D eigenvalue weighted by Gasteiger charge is -2.15. The van der Waals surface area contributed by atoms with Gasteiger partial charge in [-0.3, -0.25) is 4.79 Å². The molecule has 0 aliphatic carbocycles. The van der Waals surface area contributed by atoms with Crippen LogP contribution in [0.4, 0.5) is 0 Å². The highest BCUT2D eigenvalue weighted by Crippen LogP contribution is 2.26. The van der Waals surface area contributed by atoms with Gasteiger partial charge in [-0.25, -0.2) is 0 Å². The molecule has 0 saturated heterocycles. The molecule has 0 fully saturated rings. The third-order valence-corrected chi connectivity index (χ3v) is 2.73. The average molecular weight is 286 g/mol. The van der Waals surface area contributed by atoms with Crippen molar-refractivity contribution in [2.24, 2.45) is 0 Å². The number of hydrogen-bond donors (Lipinski definition) is 1. The highest BCUT2D eigenvalue weighted by molar-refractivity contribution is 9.10. The Balaban J connectivity index is 2.69. The summed E-state index contributed by atoms with van der Waals surface area (Å²) >= 11 is 3.41. The molecule has 0 saturated carbocycles. The minimum Gasteiger partial charge on any atom is -0.480 e. The van der Waals surface area contributed by atoms with Crippen LogP contribution in [0.2, 0.25) is 0 Å². The summed E-state index contributed by atoms with van der Waals surface area (Å²) in [5, 5.41) is 2.72. The molecule has 0 heterocycles. The van der Waals surface area contributed by atoms with Crippen molar-refractivity contribution in [3.63, 3.8) is 0 Å². The molecule has 4 heteroatoms. The zero-order valence-electron chi connectivity index (χ0n) is 9.71. The average Bonchev–Trinajstić information content (AvgIpc) is 2.22. The van der Waals surface area contributed by atoms with Gasteiger partial charge in [0.25, 0.3) is 5.91 Å². The van der Waals surface area contributed by atoms with Crippen LogP contribution in [0, 0.1) is 6.92 Å². The molecule has 1 atom stereocenters. The van der Waals surface area contributed by atoms with E-state index in [4.69, 9.17) is 4.74 Å². The number of carbonyl (C=O) groups excluding carboxylic acids is 1. The minimum absolute atomic E-state index is 0.102. The second-order valence-electron chi connectivity index (χ2n) is 3.59. The van der Waals surface area contributed by atoms with E-state index < -0.39 is 6.10 Å². The van der Waals surface area contributed by atoms with Crippen molar-refractivity contribution in [3.05, 3.63) is 28.2 Å². The van der Waals surface area contributed by atoms with Crippen molar-refractivity contribution in [1.82, 2.24) is 5.32 Å². The normalized spacial score (nSPS) is 12.0. The molecule has 88 valence electrons. The number of aryl methyl sites for hydroxylation is 1. The summed E-state index contributed by atoms with van der Waals surface area (Å²) < 4.78 is 6.42. The zero-order chi connectivity index (χ0) is 12.1. The van der Waals surface area contributed by atoms with Crippen LogP contribution in [0.5, 0.6) is 5.75 Å². The number of carbonyl (C=O) groups is 1.